The van der Waals surface area contributed by atoms with Crippen LogP contribution in [-0.2, 0) is 3.23 Å². The molecule has 0 radical (unpaired) electrons. The third-order valence-electron chi connectivity index (χ3n) is 2.69. The van der Waals surface area contributed by atoms with Crippen LogP contribution < -0.4 is 0 Å². The molecule has 0 fully saturated rings. The molecule has 1 nitrogen and oxygen atoms in total. The standard InChI is InChI=1S/C11H9Br3FN/c1-10(2)11(13,14)8-5-6(15)3-4-7(8)9(12)16-10/h3-5H,1-2H3. The number of aliphatic imine (C=N–C) groups is 1. The zero-order chi connectivity index (χ0) is 12.1. The predicted molar refractivity (Wildman–Crippen MR) is 75.5 cm³/mol. The van der Waals surface area contributed by atoms with E-state index in [1.807, 2.05) is 13.8 Å². The van der Waals surface area contributed by atoms with Crippen LogP contribution in [0.25, 0.3) is 0 Å². The Bertz CT molecular complexity index is 480. The molecular formula is C11H9Br3FN. The number of hydrogen-bond acceptors (Lipinski definition) is 1. The van der Waals surface area contributed by atoms with Gasteiger partial charge in [0, 0.05) is 5.56 Å². The van der Waals surface area contributed by atoms with Crippen molar-refractivity contribution in [3.63, 3.8) is 0 Å². The summed E-state index contributed by atoms with van der Waals surface area (Å²) in [6.45, 7) is 3.96. The van der Waals surface area contributed by atoms with Crippen molar-refractivity contribution in [1.29, 1.82) is 0 Å². The Hall–Kier alpha value is 0.260. The van der Waals surface area contributed by atoms with Crippen LogP contribution in [0.4, 0.5) is 4.39 Å². The highest BCUT2D eigenvalue weighted by molar-refractivity contribution is 9.25. The van der Waals surface area contributed by atoms with Gasteiger partial charge in [0.2, 0.25) is 0 Å². The summed E-state index contributed by atoms with van der Waals surface area (Å²) in [7, 11) is 0. The van der Waals surface area contributed by atoms with Crippen molar-refractivity contribution in [2.45, 2.75) is 22.6 Å². The van der Waals surface area contributed by atoms with Crippen LogP contribution in [-0.4, -0.2) is 10.2 Å². The van der Waals surface area contributed by atoms with Crippen LogP contribution in [0, 0.1) is 5.82 Å². The largest absolute Gasteiger partial charge is 0.268 e. The molecule has 5 heteroatoms. The van der Waals surface area contributed by atoms with E-state index in [0.717, 1.165) is 15.7 Å². The Balaban J connectivity index is 2.75. The highest BCUT2D eigenvalue weighted by Gasteiger charge is 2.47. The van der Waals surface area contributed by atoms with E-state index < -0.39 is 8.77 Å². The first kappa shape index (κ1) is 12.7. The lowest BCUT2D eigenvalue weighted by molar-refractivity contribution is 0.485. The van der Waals surface area contributed by atoms with Crippen molar-refractivity contribution in [3.8, 4) is 0 Å². The molecule has 1 aliphatic heterocycles. The fraction of sp³-hybridized carbons (Fsp3) is 0.364. The van der Waals surface area contributed by atoms with Crippen LogP contribution >= 0.6 is 47.8 Å². The lowest BCUT2D eigenvalue weighted by Crippen LogP contribution is -2.40. The molecule has 0 N–H and O–H groups in total. The van der Waals surface area contributed by atoms with Gasteiger partial charge in [-0.05, 0) is 53.5 Å². The van der Waals surface area contributed by atoms with E-state index in [1.165, 1.54) is 12.1 Å². The minimum absolute atomic E-state index is 0.250. The van der Waals surface area contributed by atoms with Gasteiger partial charge in [0.25, 0.3) is 0 Å². The van der Waals surface area contributed by atoms with E-state index in [0.29, 0.717) is 0 Å². The van der Waals surface area contributed by atoms with E-state index in [1.54, 1.807) is 6.07 Å². The number of fused-ring (bicyclic) bond motifs is 1. The fourth-order valence-electron chi connectivity index (χ4n) is 1.66. The van der Waals surface area contributed by atoms with Gasteiger partial charge in [-0.1, -0.05) is 31.9 Å². The fourth-order valence-corrected chi connectivity index (χ4v) is 3.28. The first-order valence-corrected chi connectivity index (χ1v) is 7.07. The van der Waals surface area contributed by atoms with Crippen molar-refractivity contribution in [3.05, 3.63) is 35.1 Å². The molecule has 16 heavy (non-hydrogen) atoms. The second-order valence-electron chi connectivity index (χ2n) is 4.23. The molecule has 1 aromatic carbocycles. The Morgan fingerprint density at radius 2 is 1.88 bits per heavy atom. The molecule has 1 heterocycles. The molecule has 0 atom stereocenters. The molecular weight excluding hydrogens is 405 g/mol. The SMILES string of the molecule is CC1(C)N=C(Br)c2ccc(F)cc2C1(Br)Br. The van der Waals surface area contributed by atoms with Crippen molar-refractivity contribution in [1.82, 2.24) is 0 Å². The van der Waals surface area contributed by atoms with Gasteiger partial charge in [-0.3, -0.25) is 4.99 Å². The topological polar surface area (TPSA) is 12.4 Å². The van der Waals surface area contributed by atoms with Crippen LogP contribution in [0.3, 0.4) is 0 Å². The average molecular weight is 414 g/mol. The molecule has 0 spiro atoms. The average Bonchev–Trinajstić information content (AvgIpc) is 2.14. The number of halogens is 4. The Morgan fingerprint density at radius 3 is 2.50 bits per heavy atom. The number of hydrogen-bond donors (Lipinski definition) is 0. The van der Waals surface area contributed by atoms with Gasteiger partial charge in [0.1, 0.15) is 13.7 Å². The van der Waals surface area contributed by atoms with Crippen LogP contribution in [0.2, 0.25) is 0 Å². The predicted octanol–water partition coefficient (Wildman–Crippen LogP) is 4.70. The lowest BCUT2D eigenvalue weighted by Gasteiger charge is -2.40. The monoisotopic (exact) mass is 411 g/mol. The first-order chi connectivity index (χ1) is 7.25. The van der Waals surface area contributed by atoms with Gasteiger partial charge in [-0.15, -0.1) is 0 Å². The summed E-state index contributed by atoms with van der Waals surface area (Å²) in [6.07, 6.45) is 0. The van der Waals surface area contributed by atoms with Gasteiger partial charge in [-0.2, -0.15) is 0 Å². The maximum Gasteiger partial charge on any atom is 0.130 e. The summed E-state index contributed by atoms with van der Waals surface area (Å²) in [6, 6.07) is 4.69. The summed E-state index contributed by atoms with van der Waals surface area (Å²) in [4.78, 5) is 4.56. The lowest BCUT2D eigenvalue weighted by atomic mass is 9.89. The van der Waals surface area contributed by atoms with E-state index >= 15 is 0 Å². The molecule has 0 aliphatic carbocycles. The quantitative estimate of drug-likeness (QED) is 0.546. The molecule has 0 aromatic heterocycles. The summed E-state index contributed by atoms with van der Waals surface area (Å²) in [5.41, 5.74) is 1.33. The van der Waals surface area contributed by atoms with E-state index in [2.05, 4.69) is 52.8 Å². The Kier molecular flexibility index (Phi) is 3.09. The van der Waals surface area contributed by atoms with Crippen LogP contribution in [0.1, 0.15) is 25.0 Å². The minimum Gasteiger partial charge on any atom is -0.268 e. The summed E-state index contributed by atoms with van der Waals surface area (Å²) < 4.78 is 13.5. The summed E-state index contributed by atoms with van der Waals surface area (Å²) in [5.74, 6) is -0.250. The van der Waals surface area contributed by atoms with Crippen LogP contribution in [0.5, 0.6) is 0 Å². The maximum absolute atomic E-state index is 13.3. The van der Waals surface area contributed by atoms with Crippen LogP contribution in [0.15, 0.2) is 23.2 Å². The smallest absolute Gasteiger partial charge is 0.130 e. The number of nitrogens with zero attached hydrogens (tertiary/aromatic N) is 1. The summed E-state index contributed by atoms with van der Waals surface area (Å²) >= 11 is 10.6. The second kappa shape index (κ2) is 3.89. The van der Waals surface area contributed by atoms with Crippen molar-refractivity contribution in [2.75, 3.05) is 0 Å². The normalized spacial score (nSPS) is 21.2. The van der Waals surface area contributed by atoms with Gasteiger partial charge >= 0.3 is 0 Å². The van der Waals surface area contributed by atoms with E-state index in [4.69, 9.17) is 0 Å². The molecule has 86 valence electrons. The van der Waals surface area contributed by atoms with Crippen molar-refractivity contribution in [2.24, 2.45) is 4.99 Å². The zero-order valence-corrected chi connectivity index (χ0v) is 13.4. The van der Waals surface area contributed by atoms with Gasteiger partial charge in [-0.25, -0.2) is 4.39 Å². The number of alkyl halides is 2. The van der Waals surface area contributed by atoms with E-state index in [9.17, 15) is 4.39 Å². The van der Waals surface area contributed by atoms with Gasteiger partial charge < -0.3 is 0 Å². The van der Waals surface area contributed by atoms with Gasteiger partial charge in [0.05, 0.1) is 5.54 Å². The van der Waals surface area contributed by atoms with Crippen molar-refractivity contribution < 1.29 is 4.39 Å². The zero-order valence-electron chi connectivity index (χ0n) is 8.69. The minimum atomic E-state index is -0.554. The molecule has 0 unspecified atom stereocenters. The molecule has 1 aromatic rings. The number of benzene rings is 1. The molecule has 0 saturated heterocycles. The number of rotatable bonds is 0. The molecule has 1 aliphatic rings. The Morgan fingerprint density at radius 1 is 1.25 bits per heavy atom. The molecule has 0 saturated carbocycles. The molecule has 2 rings (SSSR count). The summed E-state index contributed by atoms with van der Waals surface area (Å²) in [5, 5.41) is 0. The highest BCUT2D eigenvalue weighted by atomic mass is 79.9. The molecule has 0 amide bonds. The maximum atomic E-state index is 13.3. The third-order valence-corrected chi connectivity index (χ3v) is 6.09. The Labute approximate surface area is 119 Å². The third kappa shape index (κ3) is 1.81. The first-order valence-electron chi connectivity index (χ1n) is 4.69. The van der Waals surface area contributed by atoms with Crippen molar-refractivity contribution >= 4 is 52.4 Å². The van der Waals surface area contributed by atoms with E-state index in [-0.39, 0.29) is 5.82 Å². The van der Waals surface area contributed by atoms with Gasteiger partial charge in [0.15, 0.2) is 0 Å². The highest BCUT2D eigenvalue weighted by Crippen LogP contribution is 2.53. The second-order valence-corrected chi connectivity index (χ2v) is 8.42. The molecule has 0 bridgehead atoms.